The second-order valence-corrected chi connectivity index (χ2v) is 5.13. The van der Waals surface area contributed by atoms with Crippen LogP contribution in [0, 0.1) is 0 Å². The summed E-state index contributed by atoms with van der Waals surface area (Å²) in [6.07, 6.45) is 5.14. The van der Waals surface area contributed by atoms with E-state index in [1.54, 1.807) is 7.11 Å². The number of nitrogens with one attached hydrogen (secondary N) is 1. The highest BCUT2D eigenvalue weighted by molar-refractivity contribution is 5.94. The van der Waals surface area contributed by atoms with Crippen molar-refractivity contribution in [1.29, 1.82) is 0 Å². The first-order chi connectivity index (χ1) is 9.65. The van der Waals surface area contributed by atoms with Gasteiger partial charge in [-0.25, -0.2) is 0 Å². The predicted molar refractivity (Wildman–Crippen MR) is 83.4 cm³/mol. The van der Waals surface area contributed by atoms with Gasteiger partial charge in [0.2, 0.25) is 0 Å². The molecule has 0 radical (unpaired) electrons. The summed E-state index contributed by atoms with van der Waals surface area (Å²) in [6.45, 7) is 6.37. The number of ether oxygens (including phenoxy) is 1. The highest BCUT2D eigenvalue weighted by atomic mass is 16.5. The smallest absolute Gasteiger partial charge is 0.251 e. The molecule has 0 aliphatic carbocycles. The molecule has 0 saturated heterocycles. The fourth-order valence-corrected chi connectivity index (χ4v) is 2.43. The molecule has 0 aliphatic heterocycles. The number of carbonyl (C=O) groups excluding carboxylic acids is 1. The third-order valence-corrected chi connectivity index (χ3v) is 3.54. The minimum atomic E-state index is -0.00199. The first kappa shape index (κ1) is 16.5. The van der Waals surface area contributed by atoms with Gasteiger partial charge in [-0.3, -0.25) is 4.79 Å². The van der Waals surface area contributed by atoms with E-state index in [9.17, 15) is 4.79 Å². The third kappa shape index (κ3) is 4.55. The zero-order valence-corrected chi connectivity index (χ0v) is 13.2. The number of hydrogen-bond donors (Lipinski definition) is 1. The molecule has 1 rings (SSSR count). The molecule has 0 unspecified atom stereocenters. The van der Waals surface area contributed by atoms with Crippen molar-refractivity contribution in [2.45, 2.75) is 58.9 Å². The van der Waals surface area contributed by atoms with Crippen LogP contribution < -0.4 is 10.1 Å². The van der Waals surface area contributed by atoms with Crippen molar-refractivity contribution in [2.75, 3.05) is 7.11 Å². The van der Waals surface area contributed by atoms with E-state index in [0.29, 0.717) is 5.56 Å². The van der Waals surface area contributed by atoms with Crippen LogP contribution in [-0.2, 0) is 6.42 Å². The Morgan fingerprint density at radius 3 is 2.35 bits per heavy atom. The Bertz CT molecular complexity index is 423. The Balaban J connectivity index is 2.80. The maximum Gasteiger partial charge on any atom is 0.251 e. The summed E-state index contributed by atoms with van der Waals surface area (Å²) in [5.74, 6) is 0.792. The number of aryl methyl sites for hydroxylation is 1. The molecule has 1 amide bonds. The van der Waals surface area contributed by atoms with Crippen molar-refractivity contribution in [2.24, 2.45) is 0 Å². The molecule has 20 heavy (non-hydrogen) atoms. The molecule has 0 heterocycles. The fourth-order valence-electron chi connectivity index (χ4n) is 2.43. The van der Waals surface area contributed by atoms with Gasteiger partial charge in [0, 0.05) is 11.6 Å². The zero-order valence-electron chi connectivity index (χ0n) is 13.2. The average Bonchev–Trinajstić information content (AvgIpc) is 2.46. The second kappa shape index (κ2) is 8.62. The Morgan fingerprint density at radius 2 is 1.85 bits per heavy atom. The number of carbonyl (C=O) groups is 1. The van der Waals surface area contributed by atoms with Gasteiger partial charge in [-0.15, -0.1) is 0 Å². The molecular weight excluding hydrogens is 250 g/mol. The zero-order chi connectivity index (χ0) is 15.0. The molecule has 0 atom stereocenters. The molecule has 0 saturated carbocycles. The number of amides is 1. The summed E-state index contributed by atoms with van der Waals surface area (Å²) in [5.41, 5.74) is 1.80. The lowest BCUT2D eigenvalue weighted by molar-refractivity contribution is 0.0932. The lowest BCUT2D eigenvalue weighted by atomic mass is 10.0. The van der Waals surface area contributed by atoms with E-state index in [2.05, 4.69) is 26.1 Å². The molecule has 0 bridgehead atoms. The Hall–Kier alpha value is -1.51. The number of methoxy groups -OCH3 is 1. The molecule has 1 N–H and O–H groups in total. The van der Waals surface area contributed by atoms with Crippen molar-refractivity contribution in [3.63, 3.8) is 0 Å². The number of rotatable bonds is 8. The van der Waals surface area contributed by atoms with Gasteiger partial charge >= 0.3 is 0 Å². The van der Waals surface area contributed by atoms with Crippen LogP contribution in [0.25, 0.3) is 0 Å². The van der Waals surface area contributed by atoms with Gasteiger partial charge in [-0.05, 0) is 37.0 Å². The van der Waals surface area contributed by atoms with Gasteiger partial charge < -0.3 is 10.1 Å². The molecule has 3 heteroatoms. The van der Waals surface area contributed by atoms with E-state index in [1.165, 1.54) is 0 Å². The van der Waals surface area contributed by atoms with Gasteiger partial charge in [0.05, 0.1) is 7.11 Å². The van der Waals surface area contributed by atoms with E-state index >= 15 is 0 Å². The fraction of sp³-hybridized carbons (Fsp3) is 0.588. The summed E-state index contributed by atoms with van der Waals surface area (Å²) >= 11 is 0. The van der Waals surface area contributed by atoms with Crippen LogP contribution in [0.1, 0.15) is 62.4 Å². The summed E-state index contributed by atoms with van der Waals surface area (Å²) in [7, 11) is 1.65. The van der Waals surface area contributed by atoms with Gasteiger partial charge in [-0.2, -0.15) is 0 Å². The Kier molecular flexibility index (Phi) is 7.13. The van der Waals surface area contributed by atoms with Gasteiger partial charge in [0.1, 0.15) is 5.75 Å². The number of benzene rings is 1. The van der Waals surface area contributed by atoms with Crippen molar-refractivity contribution >= 4 is 5.91 Å². The molecule has 1 aromatic rings. The monoisotopic (exact) mass is 277 g/mol. The molecular formula is C17H27NO2. The summed E-state index contributed by atoms with van der Waals surface area (Å²) in [5, 5.41) is 3.13. The van der Waals surface area contributed by atoms with E-state index in [0.717, 1.165) is 43.4 Å². The summed E-state index contributed by atoms with van der Waals surface area (Å²) < 4.78 is 5.35. The molecule has 0 aromatic heterocycles. The van der Waals surface area contributed by atoms with Gasteiger partial charge in [0.25, 0.3) is 5.91 Å². The molecule has 112 valence electrons. The molecule has 0 spiro atoms. The first-order valence-electron chi connectivity index (χ1n) is 7.63. The quantitative estimate of drug-likeness (QED) is 0.781. The lowest BCUT2D eigenvalue weighted by Crippen LogP contribution is -2.34. The van der Waals surface area contributed by atoms with E-state index in [4.69, 9.17) is 4.74 Å². The summed E-state index contributed by atoms with van der Waals surface area (Å²) in [4.78, 5) is 12.3. The van der Waals surface area contributed by atoms with Crippen LogP contribution in [0.5, 0.6) is 5.75 Å². The molecule has 1 aromatic carbocycles. The normalized spacial score (nSPS) is 10.7. The van der Waals surface area contributed by atoms with E-state index < -0.39 is 0 Å². The van der Waals surface area contributed by atoms with E-state index in [1.807, 2.05) is 18.2 Å². The molecule has 0 aliphatic rings. The number of hydrogen-bond acceptors (Lipinski definition) is 2. The SMILES string of the molecule is CCCC(CCC)NC(=O)c1ccc(CC)c(OC)c1. The average molecular weight is 277 g/mol. The van der Waals surface area contributed by atoms with Crippen LogP contribution in [0.15, 0.2) is 18.2 Å². The van der Waals surface area contributed by atoms with Gasteiger partial charge in [-0.1, -0.05) is 39.7 Å². The van der Waals surface area contributed by atoms with E-state index in [-0.39, 0.29) is 11.9 Å². The highest BCUT2D eigenvalue weighted by Crippen LogP contribution is 2.21. The lowest BCUT2D eigenvalue weighted by Gasteiger charge is -2.18. The van der Waals surface area contributed by atoms with Crippen LogP contribution in [0.2, 0.25) is 0 Å². The minimum Gasteiger partial charge on any atom is -0.496 e. The molecule has 0 fully saturated rings. The first-order valence-corrected chi connectivity index (χ1v) is 7.63. The highest BCUT2D eigenvalue weighted by Gasteiger charge is 2.14. The predicted octanol–water partition coefficient (Wildman–Crippen LogP) is 3.96. The third-order valence-electron chi connectivity index (χ3n) is 3.54. The largest absolute Gasteiger partial charge is 0.496 e. The van der Waals surface area contributed by atoms with Crippen molar-refractivity contribution in [3.8, 4) is 5.75 Å². The second-order valence-electron chi connectivity index (χ2n) is 5.13. The standard InChI is InChI=1S/C17H27NO2/c1-5-8-15(9-6-2)18-17(19)14-11-10-13(7-3)16(12-14)20-4/h10-12,15H,5-9H2,1-4H3,(H,18,19). The van der Waals surface area contributed by atoms with Crippen molar-refractivity contribution in [1.82, 2.24) is 5.32 Å². The van der Waals surface area contributed by atoms with Crippen LogP contribution in [0.3, 0.4) is 0 Å². The van der Waals surface area contributed by atoms with Gasteiger partial charge in [0.15, 0.2) is 0 Å². The minimum absolute atomic E-state index is 0.00199. The summed E-state index contributed by atoms with van der Waals surface area (Å²) in [6, 6.07) is 5.96. The Labute approximate surface area is 122 Å². The van der Waals surface area contributed by atoms with Crippen molar-refractivity contribution in [3.05, 3.63) is 29.3 Å². The van der Waals surface area contributed by atoms with Crippen LogP contribution in [0.4, 0.5) is 0 Å². The molecule has 3 nitrogen and oxygen atoms in total. The maximum atomic E-state index is 12.3. The topological polar surface area (TPSA) is 38.3 Å². The maximum absolute atomic E-state index is 12.3. The van der Waals surface area contributed by atoms with Crippen molar-refractivity contribution < 1.29 is 9.53 Å². The van der Waals surface area contributed by atoms with Crippen LogP contribution in [-0.4, -0.2) is 19.1 Å². The van der Waals surface area contributed by atoms with Crippen LogP contribution >= 0.6 is 0 Å². The Morgan fingerprint density at radius 1 is 1.20 bits per heavy atom.